The average Bonchev–Trinajstić information content (AvgIpc) is 2.98. The third-order valence-corrected chi connectivity index (χ3v) is 8.97. The molecule has 0 aliphatic heterocycles. The van der Waals surface area contributed by atoms with Crippen LogP contribution in [0.25, 0.3) is 0 Å². The quantitative estimate of drug-likeness (QED) is 0.121. The molecule has 11 nitrogen and oxygen atoms in total. The van der Waals surface area contributed by atoms with Crippen LogP contribution in [0.15, 0.2) is 59.5 Å². The fourth-order valence-corrected chi connectivity index (χ4v) is 6.59. The number of benzene rings is 2. The van der Waals surface area contributed by atoms with Crippen LogP contribution in [0.4, 0.5) is 0 Å². The van der Waals surface area contributed by atoms with Gasteiger partial charge >= 0.3 is 0 Å². The van der Waals surface area contributed by atoms with E-state index in [2.05, 4.69) is 16.0 Å². The van der Waals surface area contributed by atoms with Gasteiger partial charge in [-0.1, -0.05) is 44.2 Å². The Kier molecular flexibility index (Phi) is 15.8. The SMILES string of the molecule is COCCNCC(=O)NC(C)CCCC(=O)NCCC(O)(Cc1ccccc1)N(CC(C)C)S(=O)(=O)c1ccc(OC)cc1. The predicted octanol–water partition coefficient (Wildman–Crippen LogP) is 2.69. The molecule has 246 valence electrons. The van der Waals surface area contributed by atoms with Gasteiger partial charge in [0.15, 0.2) is 0 Å². The molecule has 0 heterocycles. The molecule has 2 atom stereocenters. The number of aliphatic hydroxyl groups is 1. The van der Waals surface area contributed by atoms with Crippen molar-refractivity contribution in [1.82, 2.24) is 20.3 Å². The smallest absolute Gasteiger partial charge is 0.245 e. The van der Waals surface area contributed by atoms with Crippen molar-refractivity contribution in [2.24, 2.45) is 5.92 Å². The Morgan fingerprint density at radius 2 is 1.66 bits per heavy atom. The minimum atomic E-state index is -4.12. The highest BCUT2D eigenvalue weighted by molar-refractivity contribution is 7.89. The summed E-state index contributed by atoms with van der Waals surface area (Å²) in [6.07, 6.45) is 1.45. The molecule has 44 heavy (non-hydrogen) atoms. The van der Waals surface area contributed by atoms with Crippen molar-refractivity contribution in [1.29, 1.82) is 0 Å². The number of nitrogens with one attached hydrogen (secondary N) is 3. The number of rotatable bonds is 21. The molecule has 2 amide bonds. The molecule has 0 spiro atoms. The summed E-state index contributed by atoms with van der Waals surface area (Å²) in [5.74, 6) is 0.114. The first kappa shape index (κ1) is 37.2. The summed E-state index contributed by atoms with van der Waals surface area (Å²) in [6.45, 7) is 7.14. The monoisotopic (exact) mass is 634 g/mol. The molecule has 0 aromatic heterocycles. The number of sulfonamides is 1. The van der Waals surface area contributed by atoms with Gasteiger partial charge in [0, 0.05) is 52.0 Å². The van der Waals surface area contributed by atoms with Crippen molar-refractivity contribution < 1.29 is 32.6 Å². The summed E-state index contributed by atoms with van der Waals surface area (Å²) in [5.41, 5.74) is -1.04. The summed E-state index contributed by atoms with van der Waals surface area (Å²) < 4.78 is 39.2. The molecule has 0 bridgehead atoms. The first-order valence-electron chi connectivity index (χ1n) is 15.1. The number of amides is 2. The van der Waals surface area contributed by atoms with E-state index >= 15 is 0 Å². The zero-order valence-corrected chi connectivity index (χ0v) is 27.5. The van der Waals surface area contributed by atoms with E-state index in [4.69, 9.17) is 9.47 Å². The van der Waals surface area contributed by atoms with Gasteiger partial charge in [0.2, 0.25) is 21.8 Å². The third kappa shape index (κ3) is 12.5. The number of hydrogen-bond acceptors (Lipinski definition) is 8. The highest BCUT2D eigenvalue weighted by atomic mass is 32.2. The topological polar surface area (TPSA) is 146 Å². The first-order valence-corrected chi connectivity index (χ1v) is 16.5. The molecule has 0 aliphatic rings. The van der Waals surface area contributed by atoms with Crippen molar-refractivity contribution in [2.75, 3.05) is 47.0 Å². The standard InChI is InChI=1S/C32H50N4O7S/c1-25(2)24-36(44(40,41)29-16-14-28(43-5)15-17-29)32(39,22-27-11-7-6-8-12-27)18-19-34-30(37)13-9-10-26(3)35-31(38)23-33-20-21-42-4/h6-8,11-12,14-17,25-26,33,39H,9-10,13,18-24H2,1-5H3,(H,34,37)(H,35,38). The Hall–Kier alpha value is -3.03. The lowest BCUT2D eigenvalue weighted by molar-refractivity contribution is -0.122. The maximum atomic E-state index is 14.0. The Morgan fingerprint density at radius 1 is 0.977 bits per heavy atom. The van der Waals surface area contributed by atoms with Crippen LogP contribution in [0.5, 0.6) is 5.75 Å². The van der Waals surface area contributed by atoms with Crippen LogP contribution in [0, 0.1) is 5.92 Å². The molecule has 12 heteroatoms. The number of carbonyl (C=O) groups excluding carboxylic acids is 2. The van der Waals surface area contributed by atoms with Gasteiger partial charge in [-0.3, -0.25) is 9.59 Å². The van der Waals surface area contributed by atoms with Crippen molar-refractivity contribution in [3.63, 3.8) is 0 Å². The minimum Gasteiger partial charge on any atom is -0.497 e. The second-order valence-electron chi connectivity index (χ2n) is 11.4. The normalized spacial score (nSPS) is 13.8. The third-order valence-electron chi connectivity index (χ3n) is 7.04. The van der Waals surface area contributed by atoms with Gasteiger partial charge in [-0.2, -0.15) is 4.31 Å². The molecule has 0 aliphatic carbocycles. The summed E-state index contributed by atoms with van der Waals surface area (Å²) in [5, 5.41) is 20.9. The molecular formula is C32H50N4O7S. The van der Waals surface area contributed by atoms with Crippen LogP contribution in [-0.2, 0) is 30.8 Å². The number of ether oxygens (including phenoxy) is 2. The van der Waals surface area contributed by atoms with Crippen LogP contribution in [0.1, 0.15) is 52.0 Å². The lowest BCUT2D eigenvalue weighted by Gasteiger charge is -2.40. The van der Waals surface area contributed by atoms with E-state index in [0.717, 1.165) is 5.56 Å². The van der Waals surface area contributed by atoms with Crippen molar-refractivity contribution in [3.8, 4) is 5.75 Å². The van der Waals surface area contributed by atoms with E-state index in [1.165, 1.54) is 23.5 Å². The van der Waals surface area contributed by atoms with Crippen LogP contribution < -0.4 is 20.7 Å². The van der Waals surface area contributed by atoms with Crippen molar-refractivity contribution in [2.45, 2.75) is 69.5 Å². The van der Waals surface area contributed by atoms with Gasteiger partial charge in [0.25, 0.3) is 0 Å². The van der Waals surface area contributed by atoms with E-state index in [0.29, 0.717) is 31.7 Å². The summed E-state index contributed by atoms with van der Waals surface area (Å²) in [6, 6.07) is 15.2. The molecule has 0 radical (unpaired) electrons. The fraction of sp³-hybridized carbons (Fsp3) is 0.562. The van der Waals surface area contributed by atoms with E-state index < -0.39 is 15.7 Å². The number of nitrogens with zero attached hydrogens (tertiary/aromatic N) is 1. The molecule has 2 unspecified atom stereocenters. The molecular weight excluding hydrogens is 584 g/mol. The minimum absolute atomic E-state index is 0.0156. The molecule has 0 saturated heterocycles. The van der Waals surface area contributed by atoms with Gasteiger partial charge < -0.3 is 30.5 Å². The lowest BCUT2D eigenvalue weighted by atomic mass is 9.98. The molecule has 0 fully saturated rings. The second-order valence-corrected chi connectivity index (χ2v) is 13.2. The predicted molar refractivity (Wildman–Crippen MR) is 171 cm³/mol. The van der Waals surface area contributed by atoms with Crippen LogP contribution in [0.2, 0.25) is 0 Å². The second kappa shape index (κ2) is 18.7. The Bertz CT molecular complexity index is 1240. The molecule has 2 rings (SSSR count). The summed E-state index contributed by atoms with van der Waals surface area (Å²) >= 11 is 0. The van der Waals surface area contributed by atoms with Gasteiger partial charge in [-0.05, 0) is 55.5 Å². The van der Waals surface area contributed by atoms with Gasteiger partial charge in [-0.15, -0.1) is 0 Å². The summed E-state index contributed by atoms with van der Waals surface area (Å²) in [7, 11) is -1.02. The van der Waals surface area contributed by atoms with Gasteiger partial charge in [0.1, 0.15) is 11.5 Å². The first-order chi connectivity index (χ1) is 20.9. The van der Waals surface area contributed by atoms with Crippen molar-refractivity contribution in [3.05, 3.63) is 60.2 Å². The molecule has 2 aromatic carbocycles. The van der Waals surface area contributed by atoms with Gasteiger partial charge in [-0.25, -0.2) is 8.42 Å². The zero-order chi connectivity index (χ0) is 32.6. The maximum Gasteiger partial charge on any atom is 0.245 e. The number of hydrogen-bond donors (Lipinski definition) is 4. The highest BCUT2D eigenvalue weighted by Gasteiger charge is 2.43. The maximum absolute atomic E-state index is 14.0. The van der Waals surface area contributed by atoms with Crippen molar-refractivity contribution >= 4 is 21.8 Å². The highest BCUT2D eigenvalue weighted by Crippen LogP contribution is 2.31. The Labute approximate surface area is 262 Å². The zero-order valence-electron chi connectivity index (χ0n) is 26.7. The average molecular weight is 635 g/mol. The van der Waals surface area contributed by atoms with E-state index in [-0.39, 0.29) is 67.6 Å². The van der Waals surface area contributed by atoms with E-state index in [1.807, 2.05) is 51.1 Å². The molecule has 0 saturated carbocycles. The van der Waals surface area contributed by atoms with Crippen LogP contribution >= 0.6 is 0 Å². The fourth-order valence-electron chi connectivity index (χ4n) is 4.76. The lowest BCUT2D eigenvalue weighted by Crippen LogP contribution is -2.55. The van der Waals surface area contributed by atoms with E-state index in [9.17, 15) is 23.1 Å². The largest absolute Gasteiger partial charge is 0.497 e. The Morgan fingerprint density at radius 3 is 2.27 bits per heavy atom. The Balaban J connectivity index is 2.07. The van der Waals surface area contributed by atoms with E-state index in [1.54, 1.807) is 19.2 Å². The molecule has 2 aromatic rings. The van der Waals surface area contributed by atoms with Gasteiger partial charge in [0.05, 0.1) is 25.2 Å². The summed E-state index contributed by atoms with van der Waals surface area (Å²) in [4.78, 5) is 24.7. The van der Waals surface area contributed by atoms with Crippen LogP contribution in [0.3, 0.4) is 0 Å². The molecule has 4 N–H and O–H groups in total. The van der Waals surface area contributed by atoms with Crippen LogP contribution in [-0.4, -0.2) is 88.4 Å². The number of methoxy groups -OCH3 is 2. The number of carbonyl (C=O) groups is 2.